The fourth-order valence-corrected chi connectivity index (χ4v) is 5.23. The Labute approximate surface area is 166 Å². The van der Waals surface area contributed by atoms with Crippen LogP contribution in [0.4, 0.5) is 11.6 Å². The predicted octanol–water partition coefficient (Wildman–Crippen LogP) is 2.59. The van der Waals surface area contributed by atoms with Gasteiger partial charge in [0.05, 0.1) is 18.1 Å². The molecular weight excluding hydrogens is 368 g/mol. The third-order valence-corrected chi connectivity index (χ3v) is 6.73. The van der Waals surface area contributed by atoms with Gasteiger partial charge in [0.25, 0.3) is 0 Å². The Hall–Kier alpha value is -3.23. The molecule has 2 saturated carbocycles. The van der Waals surface area contributed by atoms with Crippen LogP contribution in [0.15, 0.2) is 29.6 Å². The van der Waals surface area contributed by atoms with Gasteiger partial charge >= 0.3 is 5.69 Å². The molecule has 3 atom stereocenters. The molecule has 0 aromatic carbocycles. The number of aryl methyl sites for hydroxylation is 2. The van der Waals surface area contributed by atoms with Gasteiger partial charge in [-0.25, -0.2) is 19.3 Å². The summed E-state index contributed by atoms with van der Waals surface area (Å²) in [5.41, 5.74) is 4.15. The molecule has 0 unspecified atom stereocenters. The SMILES string of the molecule is Cc1cc2ncnn2cc1Nc1ncc2c(n1)n([C@H]1C[C@@H]3CC[C@H]1C3)c(=O)n2C. The number of pyridine rings is 1. The summed E-state index contributed by atoms with van der Waals surface area (Å²) in [5.74, 6) is 1.82. The number of aromatic nitrogens is 7. The highest BCUT2D eigenvalue weighted by Gasteiger charge is 2.42. The number of anilines is 2. The lowest BCUT2D eigenvalue weighted by molar-refractivity contribution is 0.327. The van der Waals surface area contributed by atoms with E-state index in [0.717, 1.165) is 34.8 Å². The number of imidazole rings is 1. The smallest absolute Gasteiger partial charge is 0.323 e. The molecule has 0 spiro atoms. The Morgan fingerprint density at radius 2 is 2.10 bits per heavy atom. The molecule has 9 nitrogen and oxygen atoms in total. The molecule has 0 saturated heterocycles. The third-order valence-electron chi connectivity index (χ3n) is 6.73. The number of hydrogen-bond donors (Lipinski definition) is 1. The second kappa shape index (κ2) is 5.88. The van der Waals surface area contributed by atoms with Crippen LogP contribution in [0.25, 0.3) is 16.8 Å². The van der Waals surface area contributed by atoms with Gasteiger partial charge in [0, 0.05) is 13.1 Å². The van der Waals surface area contributed by atoms with Gasteiger partial charge in [-0.05, 0) is 49.7 Å². The summed E-state index contributed by atoms with van der Waals surface area (Å²) in [5, 5.41) is 7.48. The second-order valence-corrected chi connectivity index (χ2v) is 8.41. The van der Waals surface area contributed by atoms with Crippen molar-refractivity contribution in [1.29, 1.82) is 0 Å². The Morgan fingerprint density at radius 3 is 2.90 bits per heavy atom. The van der Waals surface area contributed by atoms with E-state index in [1.54, 1.807) is 22.3 Å². The minimum absolute atomic E-state index is 0.00390. The molecule has 148 valence electrons. The molecule has 1 N–H and O–H groups in total. The summed E-state index contributed by atoms with van der Waals surface area (Å²) in [7, 11) is 1.80. The van der Waals surface area contributed by atoms with Crippen LogP contribution in [-0.2, 0) is 7.05 Å². The van der Waals surface area contributed by atoms with Crippen LogP contribution in [0.2, 0.25) is 0 Å². The van der Waals surface area contributed by atoms with Crippen molar-refractivity contribution in [3.63, 3.8) is 0 Å². The second-order valence-electron chi connectivity index (χ2n) is 8.41. The molecular formula is C20H22N8O. The van der Waals surface area contributed by atoms with Crippen LogP contribution in [0.1, 0.15) is 37.3 Å². The summed E-state index contributed by atoms with van der Waals surface area (Å²) in [4.78, 5) is 26.4. The lowest BCUT2D eigenvalue weighted by Gasteiger charge is -2.22. The largest absolute Gasteiger partial charge is 0.330 e. The number of hydrogen-bond acceptors (Lipinski definition) is 6. The molecule has 2 aliphatic rings. The number of fused-ring (bicyclic) bond motifs is 4. The maximum atomic E-state index is 13.0. The van der Waals surface area contributed by atoms with Crippen molar-refractivity contribution in [2.75, 3.05) is 5.32 Å². The average Bonchev–Trinajstić information content (AvgIpc) is 3.48. The van der Waals surface area contributed by atoms with E-state index in [9.17, 15) is 4.79 Å². The average molecular weight is 390 g/mol. The first-order valence-corrected chi connectivity index (χ1v) is 10.1. The van der Waals surface area contributed by atoms with Gasteiger partial charge in [-0.1, -0.05) is 6.42 Å². The molecule has 0 amide bonds. The molecule has 4 heterocycles. The molecule has 29 heavy (non-hydrogen) atoms. The molecule has 0 aliphatic heterocycles. The van der Waals surface area contributed by atoms with Crippen molar-refractivity contribution in [3.05, 3.63) is 40.8 Å². The Kier molecular flexibility index (Phi) is 3.39. The van der Waals surface area contributed by atoms with E-state index in [2.05, 4.69) is 20.4 Å². The fourth-order valence-electron chi connectivity index (χ4n) is 5.23. The molecule has 4 aromatic rings. The van der Waals surface area contributed by atoms with Gasteiger partial charge in [0.1, 0.15) is 11.8 Å². The first-order valence-electron chi connectivity index (χ1n) is 10.1. The molecule has 0 radical (unpaired) electrons. The topological polar surface area (TPSA) is 94.9 Å². The maximum Gasteiger partial charge on any atom is 0.330 e. The highest BCUT2D eigenvalue weighted by molar-refractivity contribution is 5.73. The maximum absolute atomic E-state index is 13.0. The Balaban J connectivity index is 1.44. The molecule has 2 aliphatic carbocycles. The first kappa shape index (κ1) is 16.7. The van der Waals surface area contributed by atoms with Gasteiger partial charge < -0.3 is 5.32 Å². The van der Waals surface area contributed by atoms with E-state index in [4.69, 9.17) is 4.98 Å². The minimum Gasteiger partial charge on any atom is -0.323 e. The number of nitrogens with zero attached hydrogens (tertiary/aromatic N) is 7. The standard InChI is InChI=1S/C20H22N8O/c1-11-5-17-22-10-23-27(17)9-14(11)24-19-21-8-16-18(25-19)28(20(29)26(16)2)15-7-12-3-4-13(15)6-12/h5,8-10,12-13,15H,3-4,6-7H2,1-2H3,(H,21,24,25)/t12-,13+,15+/m1/s1. The Morgan fingerprint density at radius 1 is 1.21 bits per heavy atom. The molecule has 4 aromatic heterocycles. The highest BCUT2D eigenvalue weighted by Crippen LogP contribution is 2.50. The summed E-state index contributed by atoms with van der Waals surface area (Å²) >= 11 is 0. The number of nitrogens with one attached hydrogen (secondary N) is 1. The monoisotopic (exact) mass is 390 g/mol. The van der Waals surface area contributed by atoms with Crippen LogP contribution in [-0.4, -0.2) is 33.7 Å². The van der Waals surface area contributed by atoms with E-state index in [1.807, 2.05) is 23.8 Å². The summed E-state index contributed by atoms with van der Waals surface area (Å²) in [6, 6.07) is 2.21. The summed E-state index contributed by atoms with van der Waals surface area (Å²) in [6.07, 6.45) is 9.97. The summed E-state index contributed by atoms with van der Waals surface area (Å²) in [6.45, 7) is 2.00. The number of rotatable bonds is 3. The minimum atomic E-state index is 0.00390. The van der Waals surface area contributed by atoms with Crippen molar-refractivity contribution in [2.24, 2.45) is 18.9 Å². The van der Waals surface area contributed by atoms with Crippen molar-refractivity contribution in [1.82, 2.24) is 33.7 Å². The zero-order valence-corrected chi connectivity index (χ0v) is 16.4. The lowest BCUT2D eigenvalue weighted by Crippen LogP contribution is -2.29. The van der Waals surface area contributed by atoms with Gasteiger partial charge in [0.2, 0.25) is 5.95 Å². The van der Waals surface area contributed by atoms with Crippen molar-refractivity contribution >= 4 is 28.4 Å². The van der Waals surface area contributed by atoms with E-state index < -0.39 is 0 Å². The van der Waals surface area contributed by atoms with Gasteiger partial charge in [-0.15, -0.1) is 0 Å². The zero-order chi connectivity index (χ0) is 19.7. The van der Waals surface area contributed by atoms with Crippen LogP contribution < -0.4 is 11.0 Å². The molecule has 2 bridgehead atoms. The van der Waals surface area contributed by atoms with Crippen LogP contribution in [0.5, 0.6) is 0 Å². The molecule has 2 fully saturated rings. The van der Waals surface area contributed by atoms with E-state index in [1.165, 1.54) is 25.6 Å². The van der Waals surface area contributed by atoms with Crippen molar-refractivity contribution in [3.8, 4) is 0 Å². The predicted molar refractivity (Wildman–Crippen MR) is 108 cm³/mol. The molecule has 6 rings (SSSR count). The van der Waals surface area contributed by atoms with Crippen molar-refractivity contribution in [2.45, 2.75) is 38.6 Å². The van der Waals surface area contributed by atoms with Gasteiger partial charge in [0.15, 0.2) is 11.3 Å². The van der Waals surface area contributed by atoms with Crippen LogP contribution in [0, 0.1) is 18.8 Å². The fraction of sp³-hybridized carbons (Fsp3) is 0.450. The van der Waals surface area contributed by atoms with Crippen LogP contribution in [0.3, 0.4) is 0 Å². The van der Waals surface area contributed by atoms with Gasteiger partial charge in [-0.3, -0.25) is 9.13 Å². The van der Waals surface area contributed by atoms with Crippen LogP contribution >= 0.6 is 0 Å². The Bertz CT molecular complexity index is 1320. The first-order chi connectivity index (χ1) is 14.1. The van der Waals surface area contributed by atoms with Crippen molar-refractivity contribution < 1.29 is 0 Å². The third kappa shape index (κ3) is 2.43. The quantitative estimate of drug-likeness (QED) is 0.578. The van der Waals surface area contributed by atoms with E-state index in [0.29, 0.717) is 17.5 Å². The lowest BCUT2D eigenvalue weighted by atomic mass is 9.95. The van der Waals surface area contributed by atoms with Gasteiger partial charge in [-0.2, -0.15) is 10.1 Å². The summed E-state index contributed by atoms with van der Waals surface area (Å²) < 4.78 is 5.29. The zero-order valence-electron chi connectivity index (χ0n) is 16.4. The van der Waals surface area contributed by atoms with E-state index >= 15 is 0 Å². The molecule has 9 heteroatoms. The van der Waals surface area contributed by atoms with E-state index in [-0.39, 0.29) is 11.7 Å². The normalized spacial score (nSPS) is 23.4. The highest BCUT2D eigenvalue weighted by atomic mass is 16.1.